The maximum Gasteiger partial charge on any atom is 0.416 e. The van der Waals surface area contributed by atoms with Crippen molar-refractivity contribution >= 4 is 27.2 Å². The Morgan fingerprint density at radius 2 is 1.83 bits per heavy atom. The summed E-state index contributed by atoms with van der Waals surface area (Å²) in [5.41, 5.74) is 7.11. The number of nitrogens with zero attached hydrogens (tertiary/aromatic N) is 3. The number of hydrogen-bond donors (Lipinski definition) is 1. The number of aryl methyl sites for hydroxylation is 1. The Kier molecular flexibility index (Phi) is 11.9. The highest BCUT2D eigenvalue weighted by Gasteiger charge is 2.37. The second-order valence-electron chi connectivity index (χ2n) is 13.7. The van der Waals surface area contributed by atoms with Gasteiger partial charge in [-0.15, -0.1) is 0 Å². The maximum absolute atomic E-state index is 14.1. The van der Waals surface area contributed by atoms with Crippen LogP contribution in [0.2, 0.25) is 0 Å². The van der Waals surface area contributed by atoms with Crippen molar-refractivity contribution in [3.8, 4) is 0 Å². The highest BCUT2D eigenvalue weighted by atomic mass is 32.2. The summed E-state index contributed by atoms with van der Waals surface area (Å²) in [6.45, 7) is 16.0. The van der Waals surface area contributed by atoms with Crippen LogP contribution in [-0.2, 0) is 34.0 Å². The molecule has 0 fully saturated rings. The fourth-order valence-electron chi connectivity index (χ4n) is 6.85. The summed E-state index contributed by atoms with van der Waals surface area (Å²) in [7, 11) is -2.70. The van der Waals surface area contributed by atoms with Gasteiger partial charge in [0.2, 0.25) is 15.9 Å². The van der Waals surface area contributed by atoms with Gasteiger partial charge >= 0.3 is 6.18 Å². The van der Waals surface area contributed by atoms with Crippen LogP contribution in [-0.4, -0.2) is 32.2 Å². The van der Waals surface area contributed by atoms with Gasteiger partial charge in [0.05, 0.1) is 16.1 Å². The number of sulfonamides is 1. The standard InChI is InChI=1S/C42H45F3N4O3S/c1-8-28(4)36-18-19-37(30(6)41(36)48-46-7)38(23-40(50)47-35-11-9-10-26(2)12-17-35)31-14-13-29(5)33(21-31)25-49-24-27(3)20-32-15-16-34(42(43,44)45)22-39(32)53(49,51)52/h9-19,21-22,27,38H,2,4,8,20,23-25H2,1,3,5-7H3,(H,47,50)/b48-46-/t27-,38-/m0/s1. The largest absolute Gasteiger partial charge is 0.416 e. The van der Waals surface area contributed by atoms with Crippen LogP contribution in [0, 0.1) is 19.8 Å². The van der Waals surface area contributed by atoms with Crippen molar-refractivity contribution < 1.29 is 26.4 Å². The summed E-state index contributed by atoms with van der Waals surface area (Å²) in [6, 6.07) is 12.6. The van der Waals surface area contributed by atoms with Crippen molar-refractivity contribution in [2.24, 2.45) is 16.1 Å². The molecule has 0 bridgehead atoms. The zero-order valence-corrected chi connectivity index (χ0v) is 31.5. The van der Waals surface area contributed by atoms with E-state index >= 15 is 0 Å². The summed E-state index contributed by atoms with van der Waals surface area (Å²) in [5.74, 6) is -0.873. The minimum atomic E-state index is -4.69. The van der Waals surface area contributed by atoms with Gasteiger partial charge in [-0.05, 0) is 101 Å². The molecule has 1 N–H and O–H groups in total. The third kappa shape index (κ3) is 8.85. The summed E-state index contributed by atoms with van der Waals surface area (Å²) in [6.07, 6.45) is 5.43. The van der Waals surface area contributed by atoms with Gasteiger partial charge in [0.1, 0.15) is 0 Å². The number of halogens is 3. The number of amides is 1. The predicted octanol–water partition coefficient (Wildman–Crippen LogP) is 10.0. The van der Waals surface area contributed by atoms with Crippen LogP contribution in [0.5, 0.6) is 0 Å². The molecule has 53 heavy (non-hydrogen) atoms. The fraction of sp³-hybridized carbons (Fsp3) is 0.310. The molecule has 3 aromatic carbocycles. The van der Waals surface area contributed by atoms with E-state index in [0.29, 0.717) is 35.4 Å². The van der Waals surface area contributed by atoms with Gasteiger partial charge in [-0.1, -0.05) is 81.6 Å². The normalized spacial score (nSPS) is 17.9. The van der Waals surface area contributed by atoms with E-state index in [-0.39, 0.29) is 36.2 Å². The van der Waals surface area contributed by atoms with E-state index in [4.69, 9.17) is 0 Å². The topological polar surface area (TPSA) is 91.2 Å². The number of allylic oxidation sites excluding steroid dienone is 7. The average molecular weight is 743 g/mol. The van der Waals surface area contributed by atoms with Gasteiger partial charge < -0.3 is 5.32 Å². The number of nitrogens with one attached hydrogen (secondary N) is 1. The number of hydrogen-bond acceptors (Lipinski definition) is 5. The molecular weight excluding hydrogens is 698 g/mol. The predicted molar refractivity (Wildman–Crippen MR) is 204 cm³/mol. The van der Waals surface area contributed by atoms with E-state index in [2.05, 4.69) is 28.7 Å². The molecule has 0 radical (unpaired) electrons. The third-order valence-electron chi connectivity index (χ3n) is 9.81. The van der Waals surface area contributed by atoms with Crippen LogP contribution in [0.4, 0.5) is 18.9 Å². The number of carbonyl (C=O) groups is 1. The summed E-state index contributed by atoms with van der Waals surface area (Å²) in [4.78, 5) is 13.5. The maximum atomic E-state index is 14.1. The van der Waals surface area contributed by atoms with E-state index in [9.17, 15) is 26.4 Å². The Morgan fingerprint density at radius 1 is 1.08 bits per heavy atom. The Morgan fingerprint density at radius 3 is 2.53 bits per heavy atom. The SMILES string of the molecule is C=C1C=CC=C(NC(=O)C[C@@H](c2ccc(C)c(CN3C[C@@H](C)Cc4ccc(C(F)(F)F)cc4S3(=O)=O)c2)c2ccc(C(=C)CC)c(/N=N\C)c2C)C=C1. The molecule has 0 aromatic heterocycles. The monoisotopic (exact) mass is 742 g/mol. The van der Waals surface area contributed by atoms with Crippen molar-refractivity contribution in [1.82, 2.24) is 9.62 Å². The first kappa shape index (κ1) is 39.3. The minimum absolute atomic E-state index is 0.0442. The first-order valence-electron chi connectivity index (χ1n) is 17.5. The first-order valence-corrected chi connectivity index (χ1v) is 18.9. The molecule has 0 spiro atoms. The highest BCUT2D eigenvalue weighted by molar-refractivity contribution is 7.89. The molecular formula is C42H45F3N4O3S. The first-order chi connectivity index (χ1) is 25.0. The van der Waals surface area contributed by atoms with Gasteiger partial charge in [-0.3, -0.25) is 4.79 Å². The molecule has 1 aliphatic heterocycles. The van der Waals surface area contributed by atoms with Crippen LogP contribution < -0.4 is 5.32 Å². The number of azo groups is 1. The van der Waals surface area contributed by atoms with Gasteiger partial charge in [-0.25, -0.2) is 8.42 Å². The Hall–Kier alpha value is -4.87. The lowest BCUT2D eigenvalue weighted by atomic mass is 9.82. The summed E-state index contributed by atoms with van der Waals surface area (Å²) < 4.78 is 70.6. The molecule has 5 rings (SSSR count). The minimum Gasteiger partial charge on any atom is -0.326 e. The van der Waals surface area contributed by atoms with E-state index in [0.717, 1.165) is 51.1 Å². The van der Waals surface area contributed by atoms with Crippen LogP contribution in [0.3, 0.4) is 0 Å². The number of rotatable bonds is 10. The van der Waals surface area contributed by atoms with E-state index < -0.39 is 27.7 Å². The van der Waals surface area contributed by atoms with Gasteiger partial charge in [0.15, 0.2) is 0 Å². The number of fused-ring (bicyclic) bond motifs is 1. The number of carbonyl (C=O) groups excluding carboxylic acids is 1. The average Bonchev–Trinajstić information content (AvgIpc) is 3.36. The lowest BCUT2D eigenvalue weighted by molar-refractivity contribution is -0.137. The van der Waals surface area contributed by atoms with Crippen molar-refractivity contribution in [3.05, 3.63) is 148 Å². The molecule has 0 unspecified atom stereocenters. The molecule has 2 atom stereocenters. The Labute approximate surface area is 310 Å². The van der Waals surface area contributed by atoms with E-state index in [1.165, 1.54) is 10.4 Å². The molecule has 1 heterocycles. The second-order valence-corrected chi connectivity index (χ2v) is 15.6. The van der Waals surface area contributed by atoms with Crippen molar-refractivity contribution in [3.63, 3.8) is 0 Å². The van der Waals surface area contributed by atoms with Crippen LogP contribution >= 0.6 is 0 Å². The van der Waals surface area contributed by atoms with Crippen molar-refractivity contribution in [1.29, 1.82) is 0 Å². The van der Waals surface area contributed by atoms with Crippen LogP contribution in [0.15, 0.2) is 118 Å². The Bertz CT molecular complexity index is 2180. The van der Waals surface area contributed by atoms with Crippen LogP contribution in [0.25, 0.3) is 5.57 Å². The molecule has 11 heteroatoms. The number of alkyl halides is 3. The molecule has 0 saturated heterocycles. The number of benzene rings is 3. The Balaban J connectivity index is 1.59. The molecule has 3 aromatic rings. The smallest absolute Gasteiger partial charge is 0.326 e. The van der Waals surface area contributed by atoms with Gasteiger partial charge in [0, 0.05) is 43.7 Å². The quantitative estimate of drug-likeness (QED) is 0.210. The molecule has 1 amide bonds. The van der Waals surface area contributed by atoms with E-state index in [1.54, 1.807) is 19.2 Å². The summed E-state index contributed by atoms with van der Waals surface area (Å²) >= 11 is 0. The van der Waals surface area contributed by atoms with Gasteiger partial charge in [-0.2, -0.15) is 27.7 Å². The van der Waals surface area contributed by atoms with Crippen LogP contribution in [0.1, 0.15) is 77.1 Å². The second kappa shape index (κ2) is 16.0. The lowest BCUT2D eigenvalue weighted by Gasteiger charge is -2.26. The molecule has 2 aliphatic rings. The lowest BCUT2D eigenvalue weighted by Crippen LogP contribution is -2.33. The zero-order chi connectivity index (χ0) is 38.7. The van der Waals surface area contributed by atoms with E-state index in [1.807, 2.05) is 76.3 Å². The third-order valence-corrected chi connectivity index (χ3v) is 11.7. The molecule has 7 nitrogen and oxygen atoms in total. The highest BCUT2D eigenvalue weighted by Crippen LogP contribution is 2.40. The van der Waals surface area contributed by atoms with Crippen molar-refractivity contribution in [2.75, 3.05) is 13.6 Å². The zero-order valence-electron chi connectivity index (χ0n) is 30.7. The summed E-state index contributed by atoms with van der Waals surface area (Å²) in [5, 5.41) is 11.5. The molecule has 1 aliphatic carbocycles. The van der Waals surface area contributed by atoms with Crippen molar-refractivity contribution in [2.45, 2.75) is 70.5 Å². The molecule has 278 valence electrons. The molecule has 0 saturated carbocycles. The fourth-order valence-corrected chi connectivity index (χ4v) is 8.65. The van der Waals surface area contributed by atoms with Gasteiger partial charge in [0.25, 0.3) is 0 Å².